The van der Waals surface area contributed by atoms with Crippen molar-refractivity contribution in [3.05, 3.63) is 78.9 Å². The average molecular weight is 453 g/mol. The largest absolute Gasteiger partial charge is 0.273 e. The fraction of sp³-hybridized carbons (Fsp3) is 0.150. The van der Waals surface area contributed by atoms with Crippen LogP contribution in [0.5, 0.6) is 0 Å². The van der Waals surface area contributed by atoms with Gasteiger partial charge < -0.3 is 0 Å². The van der Waals surface area contributed by atoms with Crippen molar-refractivity contribution in [3.63, 3.8) is 0 Å². The van der Waals surface area contributed by atoms with E-state index >= 15 is 0 Å². The normalized spacial score (nSPS) is 10.8. The molecule has 0 N–H and O–H groups in total. The van der Waals surface area contributed by atoms with Gasteiger partial charge in [-0.1, -0.05) is 36.4 Å². The summed E-state index contributed by atoms with van der Waals surface area (Å²) in [6.45, 7) is 4.62. The molecule has 4 rings (SSSR count). The van der Waals surface area contributed by atoms with E-state index in [4.69, 9.17) is 0 Å². The quantitative estimate of drug-likeness (QED) is 0.265. The van der Waals surface area contributed by atoms with Gasteiger partial charge in [-0.25, -0.2) is 12.2 Å². The second kappa shape index (κ2) is 12.8. The van der Waals surface area contributed by atoms with Gasteiger partial charge >= 0.3 is 41.9 Å². The Morgan fingerprint density at radius 3 is 1.71 bits per heavy atom. The van der Waals surface area contributed by atoms with Crippen LogP contribution in [0.2, 0.25) is 13.1 Å². The van der Waals surface area contributed by atoms with Crippen LogP contribution in [0.3, 0.4) is 0 Å². The number of rotatable bonds is 0. The minimum absolute atomic E-state index is 0. The summed E-state index contributed by atoms with van der Waals surface area (Å²) in [5, 5.41) is 5.39. The molecule has 1 aliphatic rings. The number of allylic oxidation sites excluding steroid dienone is 4. The predicted octanol–water partition coefficient (Wildman–Crippen LogP) is 6.65. The van der Waals surface area contributed by atoms with Gasteiger partial charge in [-0.2, -0.15) is 6.08 Å². The second-order valence-corrected chi connectivity index (χ2v) is 14.7. The van der Waals surface area contributed by atoms with Crippen molar-refractivity contribution < 1.29 is 23.3 Å². The molecule has 0 aromatic heterocycles. The Hall–Kier alpha value is -0.530. The number of hydrogen-bond donors (Lipinski definition) is 0. The predicted molar refractivity (Wildman–Crippen MR) is 111 cm³/mol. The zero-order valence-electron chi connectivity index (χ0n) is 14.0. The Morgan fingerprint density at radius 2 is 1.38 bits per heavy atom. The molecule has 0 aliphatic heterocycles. The third kappa shape index (κ3) is 7.57. The van der Waals surface area contributed by atoms with Gasteiger partial charge in [-0.05, 0) is 0 Å². The molecule has 3 aromatic rings. The molecule has 0 unspecified atom stereocenters. The molecule has 0 heterocycles. The van der Waals surface area contributed by atoms with Crippen LogP contribution in [0, 0.1) is 6.08 Å². The smallest absolute Gasteiger partial charge is 0.0771 e. The molecule has 0 bridgehead atoms. The summed E-state index contributed by atoms with van der Waals surface area (Å²) in [7, 11) is 0. The first-order valence-corrected chi connectivity index (χ1v) is 13.6. The Bertz CT molecular complexity index is 754. The second-order valence-electron chi connectivity index (χ2n) is 5.32. The molecule has 0 amide bonds. The first kappa shape index (κ1) is 23.5. The molecule has 3 aromatic carbocycles. The van der Waals surface area contributed by atoms with Crippen LogP contribution in [-0.4, -0.2) is 5.43 Å². The van der Waals surface area contributed by atoms with Crippen LogP contribution < -0.4 is 0 Å². The molecule has 1 aliphatic carbocycles. The number of benzene rings is 2. The van der Waals surface area contributed by atoms with Crippen LogP contribution in [0.4, 0.5) is 0 Å². The fourth-order valence-corrected chi connectivity index (χ4v) is 2.24. The zero-order valence-corrected chi connectivity index (χ0v) is 19.0. The summed E-state index contributed by atoms with van der Waals surface area (Å²) in [6.07, 6.45) is 10.0. The topological polar surface area (TPSA) is 0 Å². The Kier molecular flexibility index (Phi) is 12.5. The van der Waals surface area contributed by atoms with Gasteiger partial charge in [-0.15, -0.1) is 71.0 Å². The summed E-state index contributed by atoms with van der Waals surface area (Å²) >= 11 is 1.74. The van der Waals surface area contributed by atoms with Gasteiger partial charge in [0.2, 0.25) is 0 Å². The van der Waals surface area contributed by atoms with Gasteiger partial charge in [0.05, 0.1) is 0 Å². The monoisotopic (exact) mass is 450 g/mol. The molecule has 0 spiro atoms. The van der Waals surface area contributed by atoms with E-state index < -0.39 is 0 Å². The van der Waals surface area contributed by atoms with Crippen molar-refractivity contribution in [2.75, 3.05) is 0 Å². The molecule has 4 heteroatoms. The van der Waals surface area contributed by atoms with Crippen LogP contribution in [0.15, 0.2) is 72.8 Å². The van der Waals surface area contributed by atoms with Crippen LogP contribution in [0.1, 0.15) is 6.42 Å². The first-order valence-electron chi connectivity index (χ1n) is 7.45. The molecule has 0 saturated carbocycles. The summed E-state index contributed by atoms with van der Waals surface area (Å²) in [5.74, 6) is 0. The van der Waals surface area contributed by atoms with E-state index in [1.165, 1.54) is 21.5 Å². The average Bonchev–Trinajstić information content (AvgIpc) is 3.18. The van der Waals surface area contributed by atoms with E-state index in [2.05, 4.69) is 79.8 Å². The molecule has 124 valence electrons. The molecule has 0 atom stereocenters. The third-order valence-corrected chi connectivity index (χ3v) is 3.11. The van der Waals surface area contributed by atoms with E-state index in [0.29, 0.717) is 0 Å². The minimum atomic E-state index is 0. The minimum Gasteiger partial charge on any atom is -0.273 e. The van der Waals surface area contributed by atoms with Crippen LogP contribution in [-0.2, 0) is 23.3 Å². The number of halogens is 2. The fourth-order valence-electron chi connectivity index (χ4n) is 2.24. The zero-order chi connectivity index (χ0) is 15.8. The molecule has 0 nitrogen and oxygen atoms in total. The van der Waals surface area contributed by atoms with E-state index in [-0.39, 0.29) is 30.2 Å². The third-order valence-electron chi connectivity index (χ3n) is 3.11. The summed E-state index contributed by atoms with van der Waals surface area (Å²) in [6, 6.07) is 19.3. The maximum atomic E-state index is 2.99. The summed E-state index contributed by atoms with van der Waals surface area (Å²) < 4.78 is 0. The van der Waals surface area contributed by atoms with Crippen molar-refractivity contribution >= 4 is 51.8 Å². The Labute approximate surface area is 172 Å². The van der Waals surface area contributed by atoms with Crippen molar-refractivity contribution in [3.8, 4) is 0 Å². The first-order chi connectivity index (χ1) is 10.7. The molecule has 0 radical (unpaired) electrons. The Morgan fingerprint density at radius 1 is 0.917 bits per heavy atom. The molecular weight excluding hydrogens is 430 g/mol. The molecular formula is C20H22Cl2SiZr. The van der Waals surface area contributed by atoms with E-state index in [0.717, 1.165) is 6.42 Å². The van der Waals surface area contributed by atoms with Gasteiger partial charge in [0.1, 0.15) is 0 Å². The van der Waals surface area contributed by atoms with Crippen molar-refractivity contribution in [2.45, 2.75) is 19.5 Å². The Balaban J connectivity index is 0.000000409. The molecule has 0 fully saturated rings. The molecule has 24 heavy (non-hydrogen) atoms. The van der Waals surface area contributed by atoms with E-state index in [9.17, 15) is 0 Å². The summed E-state index contributed by atoms with van der Waals surface area (Å²) in [5.41, 5.74) is 0.210. The van der Waals surface area contributed by atoms with Crippen molar-refractivity contribution in [2.24, 2.45) is 0 Å². The van der Waals surface area contributed by atoms with Gasteiger partial charge in [0.25, 0.3) is 0 Å². The van der Waals surface area contributed by atoms with Gasteiger partial charge in [-0.3, -0.25) is 6.08 Å². The number of hydrogen-bond acceptors (Lipinski definition) is 0. The van der Waals surface area contributed by atoms with Gasteiger partial charge in [0, 0.05) is 0 Å². The number of fused-ring (bicyclic) bond motifs is 3. The van der Waals surface area contributed by atoms with Crippen molar-refractivity contribution in [1.82, 2.24) is 0 Å². The van der Waals surface area contributed by atoms with Crippen LogP contribution in [0.25, 0.3) is 21.5 Å². The maximum Gasteiger partial charge on any atom is -0.0771 e. The van der Waals surface area contributed by atoms with Crippen LogP contribution >= 0.6 is 24.8 Å². The van der Waals surface area contributed by atoms with Crippen molar-refractivity contribution in [1.29, 1.82) is 0 Å². The SMILES string of the molecule is C[Si](C)=[Zr+2].Cl.Cl.[C-]1=CC=CC1.c1ccc2c(c1)[cH-]c1ccccc12. The standard InChI is InChI=1S/C13H9.C5H5.C2H6Si.2ClH.Zr/c1-3-7-12-10(5-1)9-11-6-2-4-8-13(11)12;1-2-4-5-3-1;1-3-2;;;/h1-9H;1-3H,4H2;1-2H3;2*1H;/q2*-1;;;;+2. The van der Waals surface area contributed by atoms with E-state index in [1.54, 1.807) is 23.3 Å². The van der Waals surface area contributed by atoms with Gasteiger partial charge in [0.15, 0.2) is 0 Å². The maximum absolute atomic E-state index is 2.99. The summed E-state index contributed by atoms with van der Waals surface area (Å²) in [4.78, 5) is 0. The van der Waals surface area contributed by atoms with E-state index in [1.807, 2.05) is 12.2 Å². The molecule has 0 saturated heterocycles.